The number of nitrogens with zero attached hydrogens (tertiary/aromatic N) is 3. The highest BCUT2D eigenvalue weighted by molar-refractivity contribution is 8.13. The van der Waals surface area contributed by atoms with Gasteiger partial charge in [-0.25, -0.2) is 14.4 Å². The molecule has 0 unspecified atom stereocenters. The van der Waals surface area contributed by atoms with Crippen LogP contribution in [0.15, 0.2) is 41.5 Å². The molecule has 2 aromatic rings. The summed E-state index contributed by atoms with van der Waals surface area (Å²) in [6.07, 6.45) is 4.83. The summed E-state index contributed by atoms with van der Waals surface area (Å²) in [5.74, 6) is 0.221. The van der Waals surface area contributed by atoms with Gasteiger partial charge in [0.2, 0.25) is 5.88 Å². The molecule has 1 aromatic heterocycles. The summed E-state index contributed by atoms with van der Waals surface area (Å²) >= 11 is 1.58. The summed E-state index contributed by atoms with van der Waals surface area (Å²) in [5, 5.41) is 11.7. The van der Waals surface area contributed by atoms with E-state index in [1.54, 1.807) is 37.2 Å². The van der Waals surface area contributed by atoms with Crippen molar-refractivity contribution in [2.45, 2.75) is 6.04 Å². The van der Waals surface area contributed by atoms with Crippen LogP contribution < -0.4 is 10.1 Å². The average molecular weight is 373 g/mol. The molecule has 1 saturated heterocycles. The molecule has 0 radical (unpaired) electrons. The quantitative estimate of drug-likeness (QED) is 0.621. The van der Waals surface area contributed by atoms with E-state index in [0.717, 1.165) is 35.8 Å². The largest absolute Gasteiger partial charge is 0.481 e. The van der Waals surface area contributed by atoms with Crippen molar-refractivity contribution in [1.29, 1.82) is 5.41 Å². The molecule has 0 atom stereocenters. The molecular weight excluding hydrogens is 353 g/mol. The predicted octanol–water partition coefficient (Wildman–Crippen LogP) is 3.37. The number of nitrogens with one attached hydrogen (secondary N) is 2. The van der Waals surface area contributed by atoms with Crippen molar-refractivity contribution >= 4 is 34.5 Å². The lowest BCUT2D eigenvalue weighted by atomic mass is 10.1. The fraction of sp³-hybridized carbons (Fsp3) is 0.278. The number of pyridine rings is 1. The summed E-state index contributed by atoms with van der Waals surface area (Å²) in [7, 11) is 1.58. The molecule has 1 aromatic carbocycles. The third-order valence-electron chi connectivity index (χ3n) is 4.02. The van der Waals surface area contributed by atoms with Crippen LogP contribution in [0.4, 0.5) is 15.8 Å². The van der Waals surface area contributed by atoms with Crippen LogP contribution in [0.5, 0.6) is 5.88 Å². The minimum absolute atomic E-state index is 0.227. The summed E-state index contributed by atoms with van der Waals surface area (Å²) in [4.78, 5) is 11.0. The fourth-order valence-electron chi connectivity index (χ4n) is 2.65. The molecule has 0 bridgehead atoms. The van der Waals surface area contributed by atoms with Gasteiger partial charge in [-0.05, 0) is 30.5 Å². The van der Waals surface area contributed by atoms with Crippen molar-refractivity contribution < 1.29 is 9.13 Å². The molecule has 1 aliphatic heterocycles. The minimum atomic E-state index is -0.339. The molecule has 26 heavy (non-hydrogen) atoms. The zero-order valence-corrected chi connectivity index (χ0v) is 15.4. The smallest absolute Gasteiger partial charge is 0.213 e. The second kappa shape index (κ2) is 8.18. The number of hydrogen-bond acceptors (Lipinski definition) is 6. The van der Waals surface area contributed by atoms with Gasteiger partial charge in [-0.2, -0.15) is 0 Å². The van der Waals surface area contributed by atoms with E-state index in [2.05, 4.69) is 20.2 Å². The van der Waals surface area contributed by atoms with Gasteiger partial charge >= 0.3 is 0 Å². The van der Waals surface area contributed by atoms with Crippen molar-refractivity contribution in [2.75, 3.05) is 31.8 Å². The first kappa shape index (κ1) is 18.2. The van der Waals surface area contributed by atoms with Crippen LogP contribution in [0, 0.1) is 11.2 Å². The Hall–Kier alpha value is -2.61. The first-order valence-corrected chi connectivity index (χ1v) is 9.29. The fourth-order valence-corrected chi connectivity index (χ4v) is 3.25. The third kappa shape index (κ3) is 4.13. The Morgan fingerprint density at radius 1 is 1.42 bits per heavy atom. The van der Waals surface area contributed by atoms with Gasteiger partial charge in [0.25, 0.3) is 0 Å². The number of rotatable bonds is 5. The van der Waals surface area contributed by atoms with Crippen LogP contribution in [0.3, 0.4) is 0 Å². The normalized spacial score (nSPS) is 14.7. The van der Waals surface area contributed by atoms with Crippen LogP contribution in [-0.4, -0.2) is 53.8 Å². The van der Waals surface area contributed by atoms with Gasteiger partial charge in [-0.3, -0.25) is 0 Å². The van der Waals surface area contributed by atoms with E-state index < -0.39 is 0 Å². The topological polar surface area (TPSA) is 73.6 Å². The van der Waals surface area contributed by atoms with E-state index in [1.165, 1.54) is 12.1 Å². The van der Waals surface area contributed by atoms with E-state index in [9.17, 15) is 4.39 Å². The first-order chi connectivity index (χ1) is 12.6. The van der Waals surface area contributed by atoms with E-state index in [0.29, 0.717) is 11.4 Å². The second-order valence-corrected chi connectivity index (χ2v) is 6.55. The molecular formula is C18H20FN5OS. The van der Waals surface area contributed by atoms with Crippen LogP contribution >= 0.6 is 11.8 Å². The van der Waals surface area contributed by atoms with Crippen LogP contribution in [-0.2, 0) is 0 Å². The Bertz CT molecular complexity index is 806. The molecule has 1 aliphatic rings. The average Bonchev–Trinajstić information content (AvgIpc) is 2.64. The molecule has 3 rings (SSSR count). The summed E-state index contributed by atoms with van der Waals surface area (Å²) in [6.45, 7) is 1.58. The maximum Gasteiger partial charge on any atom is 0.213 e. The van der Waals surface area contributed by atoms with Gasteiger partial charge in [0.05, 0.1) is 25.0 Å². The molecule has 0 amide bonds. The Kier molecular flexibility index (Phi) is 5.72. The van der Waals surface area contributed by atoms with Gasteiger partial charge in [0.15, 0.2) is 5.17 Å². The lowest BCUT2D eigenvalue weighted by molar-refractivity contribution is 0.275. The van der Waals surface area contributed by atoms with E-state index in [4.69, 9.17) is 10.1 Å². The molecule has 2 heterocycles. The first-order valence-electron chi connectivity index (χ1n) is 8.07. The number of aliphatic imine (C=N–C) groups is 1. The number of methoxy groups -OCH3 is 1. The van der Waals surface area contributed by atoms with E-state index in [1.807, 2.05) is 12.3 Å². The number of amidine groups is 1. The Balaban J connectivity index is 1.62. The molecule has 0 saturated carbocycles. The third-order valence-corrected chi connectivity index (χ3v) is 4.73. The molecule has 0 spiro atoms. The monoisotopic (exact) mass is 373 g/mol. The second-order valence-electron chi connectivity index (χ2n) is 5.78. The Labute approximate surface area is 156 Å². The molecule has 6 nitrogen and oxygen atoms in total. The zero-order valence-electron chi connectivity index (χ0n) is 14.6. The van der Waals surface area contributed by atoms with Crippen molar-refractivity contribution in [2.24, 2.45) is 4.99 Å². The number of hydrogen-bond donors (Lipinski definition) is 2. The molecule has 1 fully saturated rings. The number of likely N-dealkylation sites (tertiary alicyclic amines) is 1. The van der Waals surface area contributed by atoms with Gasteiger partial charge in [0.1, 0.15) is 5.82 Å². The molecule has 2 N–H and O–H groups in total. The number of aromatic nitrogens is 1. The molecule has 8 heteroatoms. The molecule has 0 aliphatic carbocycles. The highest BCUT2D eigenvalue weighted by Gasteiger charge is 2.29. The van der Waals surface area contributed by atoms with Crippen molar-refractivity contribution in [3.8, 4) is 5.88 Å². The predicted molar refractivity (Wildman–Crippen MR) is 105 cm³/mol. The van der Waals surface area contributed by atoms with Crippen LogP contribution in [0.2, 0.25) is 0 Å². The number of benzene rings is 1. The zero-order chi connectivity index (χ0) is 18.5. The molecule has 136 valence electrons. The number of ether oxygens (including phenoxy) is 1. The lowest BCUT2D eigenvalue weighted by Crippen LogP contribution is -2.56. The Morgan fingerprint density at radius 2 is 2.23 bits per heavy atom. The lowest BCUT2D eigenvalue weighted by Gasteiger charge is -2.41. The van der Waals surface area contributed by atoms with Gasteiger partial charge in [-0.15, -0.1) is 0 Å². The van der Waals surface area contributed by atoms with Gasteiger partial charge in [0, 0.05) is 36.6 Å². The number of anilines is 1. The van der Waals surface area contributed by atoms with Gasteiger partial charge in [-0.1, -0.05) is 11.8 Å². The van der Waals surface area contributed by atoms with Crippen molar-refractivity contribution in [3.63, 3.8) is 0 Å². The van der Waals surface area contributed by atoms with Crippen molar-refractivity contribution in [3.05, 3.63) is 47.9 Å². The van der Waals surface area contributed by atoms with E-state index in [-0.39, 0.29) is 11.9 Å². The van der Waals surface area contributed by atoms with Crippen molar-refractivity contribution in [1.82, 2.24) is 9.88 Å². The number of halogens is 1. The van der Waals surface area contributed by atoms with Crippen LogP contribution in [0.25, 0.3) is 0 Å². The highest BCUT2D eigenvalue weighted by atomic mass is 32.2. The maximum atomic E-state index is 13.3. The minimum Gasteiger partial charge on any atom is -0.481 e. The number of thioether (sulfide) groups is 1. The highest BCUT2D eigenvalue weighted by Crippen LogP contribution is 2.24. The van der Waals surface area contributed by atoms with Crippen LogP contribution in [0.1, 0.15) is 5.56 Å². The maximum absolute atomic E-state index is 13.3. The van der Waals surface area contributed by atoms with Gasteiger partial charge < -0.3 is 20.4 Å². The Morgan fingerprint density at radius 3 is 2.85 bits per heavy atom. The summed E-state index contributed by atoms with van der Waals surface area (Å²) in [5.41, 5.74) is 2.09. The standard InChI is InChI=1S/C18H20FN5OS/c1-25-17-6-4-14(9-21-17)23-18(26-2)24-10-15(11-24)22-16-5-3-13(19)7-12(16)8-20/h3-9,15,20,22H,10-11H2,1-2H3/b20-8?,23-18+. The summed E-state index contributed by atoms with van der Waals surface area (Å²) in [6, 6.07) is 8.31. The SMILES string of the molecule is COc1ccc(/N=C(/SC)N2CC(Nc3ccc(F)cc3C=N)C2)cn1. The summed E-state index contributed by atoms with van der Waals surface area (Å²) < 4.78 is 18.3. The van der Waals surface area contributed by atoms with E-state index >= 15 is 0 Å².